The lowest BCUT2D eigenvalue weighted by molar-refractivity contribution is -0.136. The molecule has 13 heteroatoms. The maximum Gasteiger partial charge on any atom is 0.255 e. The average Bonchev–Trinajstić information content (AvgIpc) is 3.89. The van der Waals surface area contributed by atoms with Crippen molar-refractivity contribution in [2.75, 3.05) is 0 Å². The van der Waals surface area contributed by atoms with E-state index in [0.717, 1.165) is 80.9 Å². The van der Waals surface area contributed by atoms with Crippen LogP contribution in [0, 0.1) is 37.5 Å². The predicted molar refractivity (Wildman–Crippen MR) is 205 cm³/mol. The van der Waals surface area contributed by atoms with E-state index < -0.39 is 6.04 Å². The Morgan fingerprint density at radius 3 is 2.63 bits per heavy atom. The molecule has 9 rings (SSSR count). The molecule has 1 saturated heterocycles. The molecule has 1 N–H and O–H groups in total. The summed E-state index contributed by atoms with van der Waals surface area (Å²) in [6.07, 6.45) is 7.53. The lowest BCUT2D eigenvalue weighted by atomic mass is 9.71. The highest BCUT2D eigenvalue weighted by atomic mass is 35.5. The van der Waals surface area contributed by atoms with Gasteiger partial charge in [-0.2, -0.15) is 5.10 Å². The van der Waals surface area contributed by atoms with Crippen LogP contribution in [-0.4, -0.2) is 58.9 Å². The van der Waals surface area contributed by atoms with Gasteiger partial charge in [0.1, 0.15) is 22.9 Å². The maximum atomic E-state index is 13.3. The Bertz CT molecular complexity index is 2460. The van der Waals surface area contributed by atoms with Crippen molar-refractivity contribution in [3.05, 3.63) is 115 Å². The fourth-order valence-electron chi connectivity index (χ4n) is 8.36. The number of carbonyl (C=O) groups is 3. The Balaban J connectivity index is 0.873. The minimum absolute atomic E-state index is 0.124. The summed E-state index contributed by atoms with van der Waals surface area (Å²) in [5.41, 5.74) is 7.71. The molecule has 0 bridgehead atoms. The van der Waals surface area contributed by atoms with Gasteiger partial charge in [0.25, 0.3) is 5.91 Å². The van der Waals surface area contributed by atoms with Crippen LogP contribution in [0.25, 0.3) is 5.00 Å². The molecule has 272 valence electrons. The Morgan fingerprint density at radius 1 is 1.02 bits per heavy atom. The minimum Gasteiger partial charge on any atom is -0.322 e. The van der Waals surface area contributed by atoms with Crippen LogP contribution in [0.5, 0.6) is 0 Å². The van der Waals surface area contributed by atoms with Crippen LogP contribution in [0.4, 0.5) is 0 Å². The van der Waals surface area contributed by atoms with Crippen molar-refractivity contribution in [2.45, 2.75) is 78.0 Å². The molecule has 3 aliphatic heterocycles. The van der Waals surface area contributed by atoms with Gasteiger partial charge >= 0.3 is 0 Å². The predicted octanol–water partition coefficient (Wildman–Crippen LogP) is 6.14. The number of nitrogens with one attached hydrogen (secondary N) is 1. The highest BCUT2D eigenvalue weighted by Gasteiger charge is 2.40. The van der Waals surface area contributed by atoms with Crippen LogP contribution in [0.2, 0.25) is 5.02 Å². The summed E-state index contributed by atoms with van der Waals surface area (Å²) in [5.74, 6) is 8.67. The summed E-state index contributed by atoms with van der Waals surface area (Å²) in [7, 11) is 0. The van der Waals surface area contributed by atoms with E-state index in [2.05, 4.69) is 50.0 Å². The number of thiophene rings is 1. The second kappa shape index (κ2) is 13.5. The molecule has 6 heterocycles. The molecule has 2 aromatic carbocycles. The number of benzene rings is 2. The Labute approximate surface area is 321 Å². The molecular formula is C41H37ClN8O3S. The smallest absolute Gasteiger partial charge is 0.255 e. The van der Waals surface area contributed by atoms with Gasteiger partial charge in [0.2, 0.25) is 11.8 Å². The molecule has 1 unspecified atom stereocenters. The zero-order chi connectivity index (χ0) is 37.2. The van der Waals surface area contributed by atoms with Gasteiger partial charge in [0, 0.05) is 47.4 Å². The summed E-state index contributed by atoms with van der Waals surface area (Å²) >= 11 is 7.87. The van der Waals surface area contributed by atoms with Gasteiger partial charge in [-0.1, -0.05) is 47.7 Å². The van der Waals surface area contributed by atoms with Crippen molar-refractivity contribution < 1.29 is 14.4 Å². The first-order valence-corrected chi connectivity index (χ1v) is 19.5. The standard InChI is InChI=1S/C41H37ClN8O3S/c1-22-34(54-41-36(22)37(28-8-10-30(42)11-9-28)44-23(2)38-47-46-24(3)50(38)41)13-7-25-18-43-48(19-25)20-27-15-26(16-27)17-29-5-4-6-31-32(29)21-49(40(31)53)33-12-14-35(51)45-39(33)52/h4-6,8-11,18-19,23,26-27,33H,12,14-17,20-21H2,1-3H3,(H,45,51,52)/t23-,26?,27?,33?/m0/s1. The van der Waals surface area contributed by atoms with Crippen LogP contribution >= 0.6 is 22.9 Å². The van der Waals surface area contributed by atoms with Crippen molar-refractivity contribution in [3.8, 4) is 16.8 Å². The third-order valence-corrected chi connectivity index (χ3v) is 12.6. The number of halogens is 1. The molecule has 3 aromatic heterocycles. The topological polar surface area (TPSA) is 127 Å². The SMILES string of the molecule is Cc1c(C#Cc2cnn(CC3CC(Cc4cccc5c4CN(C4CCC(=O)NC4=O)C5=O)C3)c2)sc2c1C(c1ccc(Cl)cc1)=N[C@@H](C)c1nnc(C)n1-2. The molecule has 0 radical (unpaired) electrons. The van der Waals surface area contributed by atoms with Crippen LogP contribution in [0.1, 0.15) is 98.9 Å². The number of hydrogen-bond donors (Lipinski definition) is 1. The molecule has 11 nitrogen and oxygen atoms in total. The van der Waals surface area contributed by atoms with E-state index in [1.807, 2.05) is 67.3 Å². The summed E-state index contributed by atoms with van der Waals surface area (Å²) < 4.78 is 4.11. The summed E-state index contributed by atoms with van der Waals surface area (Å²) in [6.45, 7) is 7.35. The van der Waals surface area contributed by atoms with Gasteiger partial charge in [-0.25, -0.2) is 0 Å². The van der Waals surface area contributed by atoms with E-state index in [1.165, 1.54) is 5.56 Å². The number of amides is 3. The van der Waals surface area contributed by atoms with Crippen molar-refractivity contribution in [3.63, 3.8) is 0 Å². The second-order valence-electron chi connectivity index (χ2n) is 14.8. The van der Waals surface area contributed by atoms with Gasteiger partial charge < -0.3 is 4.90 Å². The lowest BCUT2D eigenvalue weighted by Crippen LogP contribution is -2.52. The lowest BCUT2D eigenvalue weighted by Gasteiger charge is -2.35. The summed E-state index contributed by atoms with van der Waals surface area (Å²) in [6, 6.07) is 12.9. The van der Waals surface area contributed by atoms with E-state index >= 15 is 0 Å². The van der Waals surface area contributed by atoms with Crippen molar-refractivity contribution >= 4 is 46.4 Å². The molecule has 54 heavy (non-hydrogen) atoms. The monoisotopic (exact) mass is 756 g/mol. The highest BCUT2D eigenvalue weighted by Crippen LogP contribution is 2.41. The van der Waals surface area contributed by atoms with E-state index in [0.29, 0.717) is 35.4 Å². The number of fused-ring (bicyclic) bond motifs is 4. The molecule has 4 aliphatic rings. The number of piperidine rings is 1. The second-order valence-corrected chi connectivity index (χ2v) is 16.2. The van der Waals surface area contributed by atoms with Crippen LogP contribution in [-0.2, 0) is 29.1 Å². The number of aliphatic imine (C=N–C) groups is 1. The number of aromatic nitrogens is 5. The fourth-order valence-corrected chi connectivity index (χ4v) is 9.70. The largest absolute Gasteiger partial charge is 0.322 e. The quantitative estimate of drug-likeness (QED) is 0.164. The summed E-state index contributed by atoms with van der Waals surface area (Å²) in [4.78, 5) is 45.2. The van der Waals surface area contributed by atoms with Gasteiger partial charge in [-0.05, 0) is 93.2 Å². The van der Waals surface area contributed by atoms with Gasteiger partial charge in [0.15, 0.2) is 5.82 Å². The normalized spacial score (nSPS) is 21.7. The number of imide groups is 1. The van der Waals surface area contributed by atoms with E-state index in [-0.39, 0.29) is 30.2 Å². The number of nitrogens with zero attached hydrogens (tertiary/aromatic N) is 7. The third-order valence-electron chi connectivity index (χ3n) is 11.2. The zero-order valence-electron chi connectivity index (χ0n) is 30.1. The Kier molecular flexibility index (Phi) is 8.59. The molecule has 2 atom stereocenters. The van der Waals surface area contributed by atoms with E-state index in [9.17, 15) is 14.4 Å². The van der Waals surface area contributed by atoms with Crippen molar-refractivity contribution in [1.82, 2.24) is 34.8 Å². The fraction of sp³-hybridized carbons (Fsp3) is 0.341. The van der Waals surface area contributed by atoms with Gasteiger partial charge in [0.05, 0.1) is 22.3 Å². The molecule has 3 amide bonds. The van der Waals surface area contributed by atoms with Gasteiger partial charge in [-0.15, -0.1) is 21.5 Å². The van der Waals surface area contributed by atoms with E-state index in [1.54, 1.807) is 16.2 Å². The third kappa shape index (κ3) is 6.05. The number of rotatable bonds is 6. The molecular weight excluding hydrogens is 720 g/mol. The van der Waals surface area contributed by atoms with Crippen molar-refractivity contribution in [2.24, 2.45) is 16.8 Å². The Morgan fingerprint density at radius 2 is 1.83 bits per heavy atom. The molecule has 2 fully saturated rings. The van der Waals surface area contributed by atoms with Gasteiger partial charge in [-0.3, -0.25) is 33.9 Å². The Hall–Kier alpha value is -5.38. The first kappa shape index (κ1) is 34.4. The summed E-state index contributed by atoms with van der Waals surface area (Å²) in [5, 5.41) is 17.6. The molecule has 0 spiro atoms. The first-order valence-electron chi connectivity index (χ1n) is 18.3. The van der Waals surface area contributed by atoms with Crippen LogP contribution < -0.4 is 5.32 Å². The van der Waals surface area contributed by atoms with Crippen LogP contribution in [0.3, 0.4) is 0 Å². The van der Waals surface area contributed by atoms with E-state index in [4.69, 9.17) is 16.6 Å². The molecule has 5 aromatic rings. The zero-order valence-corrected chi connectivity index (χ0v) is 31.7. The first-order chi connectivity index (χ1) is 26.1. The minimum atomic E-state index is -0.602. The van der Waals surface area contributed by atoms with Crippen molar-refractivity contribution in [1.29, 1.82) is 0 Å². The number of carbonyl (C=O) groups excluding carboxylic acids is 3. The molecule has 1 aliphatic carbocycles. The number of hydrogen-bond acceptors (Lipinski definition) is 8. The number of aryl methyl sites for hydroxylation is 1. The maximum absolute atomic E-state index is 13.3. The highest BCUT2D eigenvalue weighted by molar-refractivity contribution is 7.15. The molecule has 1 saturated carbocycles. The van der Waals surface area contributed by atoms with Crippen LogP contribution in [0.15, 0.2) is 59.9 Å². The average molecular weight is 757 g/mol.